The molecule has 0 unspecified atom stereocenters. The number of rotatable bonds is 2. The predicted octanol–water partition coefficient (Wildman–Crippen LogP) is 1.71. The van der Waals surface area contributed by atoms with Crippen molar-refractivity contribution in [1.82, 2.24) is 0 Å². The van der Waals surface area contributed by atoms with E-state index in [1.54, 1.807) is 0 Å². The molecule has 0 aromatic heterocycles. The van der Waals surface area contributed by atoms with Crippen LogP contribution in [0.3, 0.4) is 0 Å². The minimum atomic E-state index is -0.268. The Kier molecular flexibility index (Phi) is 3.63. The molecule has 3 heteroatoms. The molecule has 0 radical (unpaired) electrons. The Labute approximate surface area is 91.1 Å². The molecule has 0 aromatic carbocycles. The number of hydrogen-bond donors (Lipinski definition) is 0. The van der Waals surface area contributed by atoms with Crippen molar-refractivity contribution >= 4 is 0 Å². The zero-order valence-corrected chi connectivity index (χ0v) is 9.25. The van der Waals surface area contributed by atoms with Gasteiger partial charge in [-0.3, -0.25) is 0 Å². The zero-order chi connectivity index (χ0) is 10.6. The van der Waals surface area contributed by atoms with E-state index in [4.69, 9.17) is 14.2 Å². The molecule has 1 aliphatic carbocycles. The van der Waals surface area contributed by atoms with Gasteiger partial charge in [-0.15, -0.1) is 5.92 Å². The Morgan fingerprint density at radius 1 is 1.27 bits per heavy atom. The van der Waals surface area contributed by atoms with Crippen molar-refractivity contribution < 1.29 is 14.2 Å². The van der Waals surface area contributed by atoms with Gasteiger partial charge in [-0.2, -0.15) is 0 Å². The molecule has 2 rings (SSSR count). The van der Waals surface area contributed by atoms with Gasteiger partial charge in [0.15, 0.2) is 5.79 Å². The van der Waals surface area contributed by atoms with E-state index >= 15 is 0 Å². The van der Waals surface area contributed by atoms with Crippen LogP contribution in [0.5, 0.6) is 0 Å². The fraction of sp³-hybridized carbons (Fsp3) is 0.833. The maximum Gasteiger partial charge on any atom is 0.168 e. The van der Waals surface area contributed by atoms with Crippen LogP contribution >= 0.6 is 0 Å². The van der Waals surface area contributed by atoms with Crippen LogP contribution in [-0.4, -0.2) is 31.7 Å². The largest absolute Gasteiger partial charge is 0.366 e. The van der Waals surface area contributed by atoms with Gasteiger partial charge in [0.05, 0.1) is 19.3 Å². The van der Waals surface area contributed by atoms with E-state index in [1.807, 2.05) is 6.92 Å². The second-order valence-corrected chi connectivity index (χ2v) is 4.04. The maximum atomic E-state index is 5.65. The van der Waals surface area contributed by atoms with Gasteiger partial charge in [0.2, 0.25) is 0 Å². The minimum Gasteiger partial charge on any atom is -0.366 e. The lowest BCUT2D eigenvalue weighted by atomic mass is 9.92. The smallest absolute Gasteiger partial charge is 0.168 e. The van der Waals surface area contributed by atoms with E-state index in [2.05, 4.69) is 11.8 Å². The summed E-state index contributed by atoms with van der Waals surface area (Å²) in [6, 6.07) is 0. The second kappa shape index (κ2) is 4.98. The Bertz CT molecular complexity index is 248. The average Bonchev–Trinajstić information content (AvgIpc) is 2.71. The van der Waals surface area contributed by atoms with E-state index in [-0.39, 0.29) is 5.79 Å². The Morgan fingerprint density at radius 3 is 2.53 bits per heavy atom. The van der Waals surface area contributed by atoms with Crippen LogP contribution in [0, 0.1) is 11.8 Å². The summed E-state index contributed by atoms with van der Waals surface area (Å²) in [5.74, 6) is 5.49. The second-order valence-electron chi connectivity index (χ2n) is 4.04. The summed E-state index contributed by atoms with van der Waals surface area (Å²) >= 11 is 0. The summed E-state index contributed by atoms with van der Waals surface area (Å²) in [7, 11) is 0. The summed E-state index contributed by atoms with van der Waals surface area (Å²) in [4.78, 5) is 0. The number of hydrogen-bond acceptors (Lipinski definition) is 3. The van der Waals surface area contributed by atoms with Crippen molar-refractivity contribution in [3.63, 3.8) is 0 Å². The quantitative estimate of drug-likeness (QED) is 0.649. The first kappa shape index (κ1) is 10.9. The van der Waals surface area contributed by atoms with E-state index < -0.39 is 0 Å². The summed E-state index contributed by atoms with van der Waals surface area (Å²) in [6.45, 7) is 3.87. The third-order valence-corrected chi connectivity index (χ3v) is 3.08. The first-order valence-electron chi connectivity index (χ1n) is 5.64. The van der Waals surface area contributed by atoms with Crippen molar-refractivity contribution in [2.24, 2.45) is 0 Å². The number of ether oxygens (including phenoxy) is 3. The van der Waals surface area contributed by atoms with Crippen LogP contribution in [-0.2, 0) is 14.2 Å². The fourth-order valence-electron chi connectivity index (χ4n) is 2.22. The Morgan fingerprint density at radius 2 is 1.93 bits per heavy atom. The Hall–Kier alpha value is -0.560. The van der Waals surface area contributed by atoms with E-state index in [0.29, 0.717) is 12.7 Å². The van der Waals surface area contributed by atoms with Crippen molar-refractivity contribution in [2.75, 3.05) is 19.8 Å². The van der Waals surface area contributed by atoms with Crippen LogP contribution in [0.1, 0.15) is 32.6 Å². The van der Waals surface area contributed by atoms with Crippen molar-refractivity contribution in [2.45, 2.75) is 44.5 Å². The molecule has 0 N–H and O–H groups in total. The molecule has 0 aromatic rings. The van der Waals surface area contributed by atoms with E-state index in [1.165, 1.54) is 0 Å². The third-order valence-electron chi connectivity index (χ3n) is 3.08. The molecule has 0 amide bonds. The predicted molar refractivity (Wildman–Crippen MR) is 56.3 cm³/mol. The van der Waals surface area contributed by atoms with Gasteiger partial charge >= 0.3 is 0 Å². The molecule has 2 aliphatic rings. The minimum absolute atomic E-state index is 0.268. The lowest BCUT2D eigenvalue weighted by molar-refractivity contribution is -0.190. The molecule has 1 spiro atoms. The van der Waals surface area contributed by atoms with Gasteiger partial charge < -0.3 is 14.2 Å². The summed E-state index contributed by atoms with van der Waals surface area (Å²) in [5.41, 5.74) is 0. The van der Waals surface area contributed by atoms with Crippen LogP contribution in [0.2, 0.25) is 0 Å². The summed E-state index contributed by atoms with van der Waals surface area (Å²) in [5, 5.41) is 0. The SMILES string of the molecule is CC#CCOC1CCC2(CC1)OCCO2. The molecule has 15 heavy (non-hydrogen) atoms. The molecule has 3 nitrogen and oxygen atoms in total. The van der Waals surface area contributed by atoms with Crippen molar-refractivity contribution in [3.8, 4) is 11.8 Å². The van der Waals surface area contributed by atoms with Gasteiger partial charge in [-0.05, 0) is 19.8 Å². The molecule has 1 saturated heterocycles. The lowest BCUT2D eigenvalue weighted by Crippen LogP contribution is -2.37. The van der Waals surface area contributed by atoms with Gasteiger partial charge in [0, 0.05) is 12.8 Å². The summed E-state index contributed by atoms with van der Waals surface area (Å²) < 4.78 is 16.9. The Balaban J connectivity index is 1.73. The molecule has 84 valence electrons. The normalized spacial score (nSPS) is 25.1. The standard InChI is InChI=1S/C12H18O3/c1-2-3-8-13-11-4-6-12(7-5-11)14-9-10-15-12/h11H,4-10H2,1H3. The third kappa shape index (κ3) is 2.72. The molecule has 1 heterocycles. The van der Waals surface area contributed by atoms with Gasteiger partial charge in [-0.1, -0.05) is 5.92 Å². The molecule has 1 saturated carbocycles. The first-order valence-corrected chi connectivity index (χ1v) is 5.64. The van der Waals surface area contributed by atoms with Gasteiger partial charge in [0.25, 0.3) is 0 Å². The van der Waals surface area contributed by atoms with E-state index in [9.17, 15) is 0 Å². The first-order chi connectivity index (χ1) is 7.35. The average molecular weight is 210 g/mol. The molecular formula is C12H18O3. The van der Waals surface area contributed by atoms with Crippen molar-refractivity contribution in [1.29, 1.82) is 0 Å². The molecule has 0 bridgehead atoms. The van der Waals surface area contributed by atoms with Crippen LogP contribution in [0.4, 0.5) is 0 Å². The molecule has 1 aliphatic heterocycles. The molecule has 2 fully saturated rings. The van der Waals surface area contributed by atoms with Crippen molar-refractivity contribution in [3.05, 3.63) is 0 Å². The van der Waals surface area contributed by atoms with E-state index in [0.717, 1.165) is 38.9 Å². The highest BCUT2D eigenvalue weighted by molar-refractivity contribution is 4.95. The van der Waals surface area contributed by atoms with Gasteiger partial charge in [-0.25, -0.2) is 0 Å². The molecule has 0 atom stereocenters. The zero-order valence-electron chi connectivity index (χ0n) is 9.25. The van der Waals surface area contributed by atoms with Crippen LogP contribution in [0.25, 0.3) is 0 Å². The maximum absolute atomic E-state index is 5.65. The highest BCUT2D eigenvalue weighted by Crippen LogP contribution is 2.36. The topological polar surface area (TPSA) is 27.7 Å². The highest BCUT2D eigenvalue weighted by atomic mass is 16.7. The van der Waals surface area contributed by atoms with Gasteiger partial charge in [0.1, 0.15) is 6.61 Å². The molecular weight excluding hydrogens is 192 g/mol. The fourth-order valence-corrected chi connectivity index (χ4v) is 2.22. The highest BCUT2D eigenvalue weighted by Gasteiger charge is 2.40. The summed E-state index contributed by atoms with van der Waals surface area (Å²) in [6.07, 6.45) is 4.29. The lowest BCUT2D eigenvalue weighted by Gasteiger charge is -2.34. The van der Waals surface area contributed by atoms with Crippen LogP contribution in [0.15, 0.2) is 0 Å². The monoisotopic (exact) mass is 210 g/mol. The van der Waals surface area contributed by atoms with Crippen LogP contribution < -0.4 is 0 Å².